The number of carboxylic acid groups (broad SMARTS) is 2. The molecule has 6 heavy (non-hydrogen) atoms. The quantitative estimate of drug-likeness (QED) is 0.431. The van der Waals surface area contributed by atoms with Gasteiger partial charge < -0.3 is 15.0 Å². The average Bonchev–Trinajstić information content (AvgIpc) is 0.811. The van der Waals surface area contributed by atoms with E-state index in [0.29, 0.717) is 0 Å². The summed E-state index contributed by atoms with van der Waals surface area (Å²) in [6.07, 6.45) is -2.08. The summed E-state index contributed by atoms with van der Waals surface area (Å²) in [4.78, 5) is 8.44. The van der Waals surface area contributed by atoms with Crippen molar-refractivity contribution in [1.29, 1.82) is 0 Å². The fourth-order valence-electron chi connectivity index (χ4n) is 0. The second-order valence-electron chi connectivity index (χ2n) is 0.266. The van der Waals surface area contributed by atoms with Crippen LogP contribution in [0.4, 0.5) is 4.79 Å². The molecule has 0 aromatic heterocycles. The fraction of sp³-hybridized carbons (Fsp3) is 0. The summed E-state index contributed by atoms with van der Waals surface area (Å²) in [6, 6.07) is 0. The molecular weight excluding hydrogens is 236 g/mol. The normalized spacial score (nSPS) is 4.00. The Hall–Kier alpha value is 2.48. The Morgan fingerprint density at radius 1 is 1.67 bits per heavy atom. The summed E-state index contributed by atoms with van der Waals surface area (Å²) in [5, 5.41) is 15.3. The Balaban J connectivity index is -0.0000000450. The van der Waals surface area contributed by atoms with Crippen molar-refractivity contribution in [2.45, 2.75) is 0 Å². The first-order valence-electron chi connectivity index (χ1n) is 0.632. The van der Waals surface area contributed by atoms with Crippen molar-refractivity contribution < 1.29 is 66.4 Å². The molecule has 0 aromatic carbocycles. The van der Waals surface area contributed by atoms with Gasteiger partial charge in [-0.2, -0.15) is 0 Å². The molecule has 0 radical (unpaired) electrons. The van der Waals surface area contributed by atoms with E-state index in [1.165, 1.54) is 0 Å². The maximum absolute atomic E-state index is 8.44. The van der Waals surface area contributed by atoms with Crippen molar-refractivity contribution in [1.82, 2.24) is 0 Å². The van der Waals surface area contributed by atoms with E-state index >= 15 is 0 Å². The molecule has 0 aliphatic heterocycles. The molecule has 0 bridgehead atoms. The van der Waals surface area contributed by atoms with Crippen molar-refractivity contribution in [3.63, 3.8) is 0 Å². The van der Waals surface area contributed by atoms with Crippen LogP contribution in [0.5, 0.6) is 0 Å². The first-order valence-corrected chi connectivity index (χ1v) is 0.632. The molecular formula is CH3BaKO3. The van der Waals surface area contributed by atoms with Crippen LogP contribution in [0, 0.1) is 0 Å². The molecule has 0 heterocycles. The van der Waals surface area contributed by atoms with Gasteiger partial charge in [-0.25, -0.2) is 0 Å². The van der Waals surface area contributed by atoms with Crippen LogP contribution in [0.1, 0.15) is 0 Å². The van der Waals surface area contributed by atoms with E-state index < -0.39 is 6.16 Å². The van der Waals surface area contributed by atoms with Crippen molar-refractivity contribution >= 4 is 55.0 Å². The van der Waals surface area contributed by atoms with Gasteiger partial charge in [-0.1, -0.05) is 0 Å². The molecule has 0 rings (SSSR count). The van der Waals surface area contributed by atoms with Crippen LogP contribution in [0.3, 0.4) is 0 Å². The van der Waals surface area contributed by atoms with Gasteiger partial charge >= 0.3 is 100 Å². The molecule has 0 aromatic rings. The molecule has 0 spiro atoms. The second-order valence-corrected chi connectivity index (χ2v) is 0.266. The number of hydrogen-bond acceptors (Lipinski definition) is 2. The average molecular weight is 239 g/mol. The first-order chi connectivity index (χ1) is 1.73. The van der Waals surface area contributed by atoms with E-state index in [4.69, 9.17) is 15.0 Å². The van der Waals surface area contributed by atoms with Crippen LogP contribution in [0.15, 0.2) is 0 Å². The van der Waals surface area contributed by atoms with Crippen molar-refractivity contribution in [3.05, 3.63) is 0 Å². The van der Waals surface area contributed by atoms with Crippen LogP contribution in [-0.2, 0) is 0 Å². The van der Waals surface area contributed by atoms with Crippen LogP contribution in [0.2, 0.25) is 0 Å². The van der Waals surface area contributed by atoms with E-state index in [1.54, 1.807) is 0 Å². The zero-order chi connectivity index (χ0) is 3.58. The molecule has 3 nitrogen and oxygen atoms in total. The minimum atomic E-state index is -2.08. The number of hydrogen-bond donors (Lipinski definition) is 1. The number of carbonyl (C=O) groups is 1. The van der Waals surface area contributed by atoms with E-state index in [9.17, 15) is 0 Å². The van der Waals surface area contributed by atoms with Crippen LogP contribution in [-0.4, -0.2) is 60.1 Å². The third-order valence-corrected chi connectivity index (χ3v) is 0. The van der Waals surface area contributed by atoms with Gasteiger partial charge in [0.15, 0.2) is 0 Å². The van der Waals surface area contributed by atoms with Gasteiger partial charge in [0.05, 0.1) is 0 Å². The number of rotatable bonds is 0. The Bertz CT molecular complexity index is 33.8. The van der Waals surface area contributed by atoms with Gasteiger partial charge in [0, 0.05) is 0 Å². The zero-order valence-electron chi connectivity index (χ0n) is 2.76. The van der Waals surface area contributed by atoms with Crippen LogP contribution >= 0.6 is 0 Å². The molecule has 0 aliphatic carbocycles. The van der Waals surface area contributed by atoms with Crippen molar-refractivity contribution in [2.24, 2.45) is 0 Å². The summed E-state index contributed by atoms with van der Waals surface area (Å²) in [5.41, 5.74) is 0. The van der Waals surface area contributed by atoms with Crippen LogP contribution in [0.25, 0.3) is 0 Å². The molecule has 1 N–H and O–H groups in total. The molecule has 5 heteroatoms. The Morgan fingerprint density at radius 2 is 1.67 bits per heavy atom. The summed E-state index contributed by atoms with van der Waals surface area (Å²) < 4.78 is 0. The summed E-state index contributed by atoms with van der Waals surface area (Å²) in [7, 11) is 0. The smallest absolute Gasteiger partial charge is 1.00 e. The maximum atomic E-state index is 8.44. The van der Waals surface area contributed by atoms with Crippen LogP contribution < -0.4 is 56.5 Å². The zero-order valence-corrected chi connectivity index (χ0v) is 5.89. The standard InChI is InChI=1S/CH2O3.Ba.K.2H/c2-1(3)4;;;;/h(H2,2,3,4);;;;/q;;+1;;/p-1. The predicted octanol–water partition coefficient (Wildman–Crippen LogP) is -5.02. The molecule has 0 saturated carbocycles. The molecule has 0 amide bonds. The van der Waals surface area contributed by atoms with Gasteiger partial charge in [0.2, 0.25) is 6.16 Å². The molecule has 0 unspecified atom stereocenters. The van der Waals surface area contributed by atoms with Gasteiger partial charge in [0.1, 0.15) is 0 Å². The summed E-state index contributed by atoms with van der Waals surface area (Å²) >= 11 is 0. The molecule has 0 atom stereocenters. The largest absolute Gasteiger partial charge is 1.00 e. The molecule has 0 saturated heterocycles. The van der Waals surface area contributed by atoms with Gasteiger partial charge in [0.25, 0.3) is 0 Å². The fourth-order valence-corrected chi connectivity index (χ4v) is 0. The third kappa shape index (κ3) is 31.7. The monoisotopic (exact) mass is 240 g/mol. The van der Waals surface area contributed by atoms with Crippen molar-refractivity contribution in [2.75, 3.05) is 0 Å². The minimum absolute atomic E-state index is 0. The van der Waals surface area contributed by atoms with E-state index in [-0.39, 0.29) is 100 Å². The summed E-state index contributed by atoms with van der Waals surface area (Å²) in [6.45, 7) is 0. The Morgan fingerprint density at radius 3 is 1.67 bits per heavy atom. The van der Waals surface area contributed by atoms with Gasteiger partial charge in [-0.05, 0) is 0 Å². The molecule has 28 valence electrons. The summed E-state index contributed by atoms with van der Waals surface area (Å²) in [5.74, 6) is 0. The Kier molecular flexibility index (Phi) is 27.5. The molecule has 0 aliphatic rings. The predicted molar refractivity (Wildman–Crippen MR) is 16.6 cm³/mol. The third-order valence-electron chi connectivity index (χ3n) is 0. The topological polar surface area (TPSA) is 60.4 Å². The van der Waals surface area contributed by atoms with E-state index in [0.717, 1.165) is 0 Å². The van der Waals surface area contributed by atoms with Gasteiger partial charge in [-0.15, -0.1) is 0 Å². The SMILES string of the molecule is O=C([O-])O.[BaH2].[K+]. The minimum Gasteiger partial charge on any atom is 1.00 e. The first kappa shape index (κ1) is 15.8. The molecule has 0 fully saturated rings. The van der Waals surface area contributed by atoms with E-state index in [2.05, 4.69) is 0 Å². The van der Waals surface area contributed by atoms with Crippen molar-refractivity contribution in [3.8, 4) is 0 Å². The second kappa shape index (κ2) is 10.5. The maximum Gasteiger partial charge on any atom is 1.00 e. The Labute approximate surface area is 118 Å². The van der Waals surface area contributed by atoms with Gasteiger partial charge in [-0.3, -0.25) is 0 Å². The van der Waals surface area contributed by atoms with E-state index in [1.807, 2.05) is 0 Å².